The van der Waals surface area contributed by atoms with Gasteiger partial charge in [0.25, 0.3) is 11.5 Å². The topological polar surface area (TPSA) is 161 Å². The summed E-state index contributed by atoms with van der Waals surface area (Å²) in [5, 5.41) is 28.1. The van der Waals surface area contributed by atoms with Crippen LogP contribution in [0.1, 0.15) is 36.9 Å². The number of rotatable bonds is 9. The summed E-state index contributed by atoms with van der Waals surface area (Å²) >= 11 is 0. The number of aliphatic hydroxyl groups excluding tert-OH is 2. The summed E-state index contributed by atoms with van der Waals surface area (Å²) in [6.45, 7) is 3.28. The number of aromatic nitrogens is 2. The van der Waals surface area contributed by atoms with E-state index < -0.39 is 41.7 Å². The van der Waals surface area contributed by atoms with Crippen molar-refractivity contribution < 1.29 is 19.7 Å². The van der Waals surface area contributed by atoms with Crippen LogP contribution in [0.3, 0.4) is 0 Å². The van der Waals surface area contributed by atoms with Crippen molar-refractivity contribution >= 4 is 11.6 Å². The molecular weight excluding hydrogens is 368 g/mol. The van der Waals surface area contributed by atoms with Crippen LogP contribution in [0, 0.1) is 5.41 Å². The fourth-order valence-corrected chi connectivity index (χ4v) is 3.34. The third-order valence-electron chi connectivity index (χ3n) is 4.83. The molecule has 1 aromatic heterocycles. The summed E-state index contributed by atoms with van der Waals surface area (Å²) in [5.41, 5.74) is 1.62. The number of aliphatic hydroxyl groups is 2. The van der Waals surface area contributed by atoms with E-state index in [1.165, 1.54) is 0 Å². The highest BCUT2D eigenvalue weighted by Crippen LogP contribution is 2.36. The van der Waals surface area contributed by atoms with E-state index in [0.717, 1.165) is 42.2 Å². The molecule has 1 aliphatic rings. The van der Waals surface area contributed by atoms with Crippen molar-refractivity contribution in [2.75, 3.05) is 13.2 Å². The first-order chi connectivity index (χ1) is 13.3. The number of nitrogens with two attached hydrogens (primary N) is 1. The maximum atomic E-state index is 12.9. The Bertz CT molecular complexity index is 860. The summed E-state index contributed by atoms with van der Waals surface area (Å²) in [7, 11) is 0. The largest absolute Gasteiger partial charge is 0.394 e. The van der Waals surface area contributed by atoms with Gasteiger partial charge in [0.05, 0.1) is 12.3 Å². The van der Waals surface area contributed by atoms with Gasteiger partial charge in [-0.05, 0) is 25.5 Å². The van der Waals surface area contributed by atoms with Crippen LogP contribution >= 0.6 is 0 Å². The zero-order valence-electron chi connectivity index (χ0n) is 15.5. The molecule has 28 heavy (non-hydrogen) atoms. The number of nitrogens with zero attached hydrogens (tertiary/aromatic N) is 2. The Morgan fingerprint density at radius 3 is 2.61 bits per heavy atom. The molecule has 10 heteroatoms. The van der Waals surface area contributed by atoms with Gasteiger partial charge in [-0.1, -0.05) is 19.4 Å². The molecule has 1 aromatic rings. The third-order valence-corrected chi connectivity index (χ3v) is 4.83. The summed E-state index contributed by atoms with van der Waals surface area (Å²) in [6.07, 6.45) is 2.54. The Morgan fingerprint density at radius 1 is 1.36 bits per heavy atom. The van der Waals surface area contributed by atoms with Crippen molar-refractivity contribution in [2.45, 2.75) is 50.0 Å². The fourth-order valence-electron chi connectivity index (χ4n) is 3.34. The van der Waals surface area contributed by atoms with E-state index in [4.69, 9.17) is 15.9 Å². The Balaban J connectivity index is 2.53. The minimum absolute atomic E-state index is 0.143. The predicted octanol–water partition coefficient (Wildman–Crippen LogP) is -0.830. The standard InChI is InChI=1S/C18H26N4O6/c1-2-13(24)22-14(25)7-10-21(17(22)27)18(8-5-3-4-6-9-19)16(20)15(26)12(11-23)28-18/h2,7,10,12,15,20,23,26H,1,3-6,8-9,11,19H2/t12-,15-,18-/m1/s1. The molecule has 1 fully saturated rings. The molecule has 10 nitrogen and oxygen atoms in total. The molecule has 2 rings (SSSR count). The van der Waals surface area contributed by atoms with Crippen molar-refractivity contribution in [3.63, 3.8) is 0 Å². The Labute approximate surface area is 161 Å². The molecular formula is C18H26N4O6. The highest BCUT2D eigenvalue weighted by atomic mass is 16.6. The maximum absolute atomic E-state index is 12.9. The quantitative estimate of drug-likeness (QED) is 0.314. The van der Waals surface area contributed by atoms with Crippen LogP contribution in [0.4, 0.5) is 0 Å². The zero-order chi connectivity index (χ0) is 20.9. The van der Waals surface area contributed by atoms with Crippen LogP contribution in [0.5, 0.6) is 0 Å². The molecule has 2 heterocycles. The number of carbonyl (C=O) groups is 1. The third kappa shape index (κ3) is 3.90. The number of nitrogens with one attached hydrogen (secondary N) is 1. The smallest absolute Gasteiger partial charge is 0.340 e. The Kier molecular flexibility index (Phi) is 7.19. The van der Waals surface area contributed by atoms with Gasteiger partial charge >= 0.3 is 5.69 Å². The molecule has 0 spiro atoms. The molecule has 0 aliphatic carbocycles. The molecule has 3 atom stereocenters. The van der Waals surface area contributed by atoms with E-state index in [0.29, 0.717) is 17.5 Å². The lowest BCUT2D eigenvalue weighted by Gasteiger charge is -2.31. The van der Waals surface area contributed by atoms with Crippen molar-refractivity contribution in [2.24, 2.45) is 5.73 Å². The van der Waals surface area contributed by atoms with Crippen molar-refractivity contribution in [1.82, 2.24) is 9.13 Å². The van der Waals surface area contributed by atoms with Crippen LogP contribution in [0.15, 0.2) is 34.5 Å². The van der Waals surface area contributed by atoms with Crippen LogP contribution in [0.2, 0.25) is 0 Å². The van der Waals surface area contributed by atoms with Gasteiger partial charge in [0.1, 0.15) is 12.2 Å². The molecule has 0 bridgehead atoms. The van der Waals surface area contributed by atoms with Gasteiger partial charge in [-0.25, -0.2) is 4.79 Å². The van der Waals surface area contributed by atoms with E-state index in [-0.39, 0.29) is 12.1 Å². The number of ether oxygens (including phenoxy) is 1. The zero-order valence-corrected chi connectivity index (χ0v) is 15.5. The second kappa shape index (κ2) is 9.20. The molecule has 1 aliphatic heterocycles. The van der Waals surface area contributed by atoms with Crippen LogP contribution in [-0.2, 0) is 10.5 Å². The molecule has 0 amide bonds. The number of allylic oxidation sites excluding steroid dienone is 1. The Hall–Kier alpha value is -2.40. The number of hydrogen-bond acceptors (Lipinski definition) is 8. The minimum atomic E-state index is -1.70. The lowest BCUT2D eigenvalue weighted by atomic mass is 9.96. The monoisotopic (exact) mass is 394 g/mol. The van der Waals surface area contributed by atoms with Gasteiger partial charge in [0, 0.05) is 18.7 Å². The summed E-state index contributed by atoms with van der Waals surface area (Å²) in [4.78, 5) is 36.8. The Morgan fingerprint density at radius 2 is 2.04 bits per heavy atom. The van der Waals surface area contributed by atoms with E-state index in [9.17, 15) is 24.6 Å². The molecule has 0 saturated carbocycles. The minimum Gasteiger partial charge on any atom is -0.394 e. The van der Waals surface area contributed by atoms with Crippen LogP contribution in [0.25, 0.3) is 0 Å². The normalized spacial score (nSPS) is 24.5. The second-order valence-electron chi connectivity index (χ2n) is 6.62. The van der Waals surface area contributed by atoms with E-state index in [1.54, 1.807) is 0 Å². The number of unbranched alkanes of at least 4 members (excludes halogenated alkanes) is 3. The van der Waals surface area contributed by atoms with Crippen molar-refractivity contribution in [3.8, 4) is 0 Å². The average molecular weight is 394 g/mol. The van der Waals surface area contributed by atoms with Crippen LogP contribution in [-0.4, -0.2) is 56.3 Å². The molecule has 0 aromatic carbocycles. The van der Waals surface area contributed by atoms with Gasteiger partial charge in [-0.3, -0.25) is 14.2 Å². The summed E-state index contributed by atoms with van der Waals surface area (Å²) in [6, 6.07) is 1.01. The van der Waals surface area contributed by atoms with Gasteiger partial charge in [-0.2, -0.15) is 4.57 Å². The van der Waals surface area contributed by atoms with E-state index in [1.807, 2.05) is 0 Å². The molecule has 5 N–H and O–H groups in total. The SMILES string of the molecule is C=CC(=O)n1c(=O)ccn([C@]2(CCCCCCN)O[C@H](CO)[C@@H](O)C2=N)c1=O. The number of hydrogen-bond donors (Lipinski definition) is 4. The lowest BCUT2D eigenvalue weighted by molar-refractivity contribution is -0.110. The fraction of sp³-hybridized carbons (Fsp3) is 0.556. The summed E-state index contributed by atoms with van der Waals surface area (Å²) in [5.74, 6) is -0.911. The first-order valence-electron chi connectivity index (χ1n) is 9.11. The van der Waals surface area contributed by atoms with Gasteiger partial charge < -0.3 is 26.1 Å². The van der Waals surface area contributed by atoms with Crippen LogP contribution < -0.4 is 17.0 Å². The lowest BCUT2D eigenvalue weighted by Crippen LogP contribution is -2.52. The van der Waals surface area contributed by atoms with E-state index >= 15 is 0 Å². The molecule has 1 saturated heterocycles. The summed E-state index contributed by atoms with van der Waals surface area (Å²) < 4.78 is 7.11. The average Bonchev–Trinajstić information content (AvgIpc) is 2.93. The first-order valence-corrected chi connectivity index (χ1v) is 9.11. The van der Waals surface area contributed by atoms with Gasteiger partial charge in [0.2, 0.25) is 0 Å². The van der Waals surface area contributed by atoms with Gasteiger partial charge in [-0.15, -0.1) is 0 Å². The van der Waals surface area contributed by atoms with E-state index in [2.05, 4.69) is 6.58 Å². The second-order valence-corrected chi connectivity index (χ2v) is 6.62. The van der Waals surface area contributed by atoms with Crippen molar-refractivity contribution in [3.05, 3.63) is 45.8 Å². The molecule has 154 valence electrons. The molecule has 0 unspecified atom stereocenters. The highest BCUT2D eigenvalue weighted by molar-refractivity contribution is 5.94. The maximum Gasteiger partial charge on any atom is 0.340 e. The molecule has 0 radical (unpaired) electrons. The predicted molar refractivity (Wildman–Crippen MR) is 102 cm³/mol. The highest BCUT2D eigenvalue weighted by Gasteiger charge is 2.52. The number of carbonyl (C=O) groups excluding carboxylic acids is 1. The van der Waals surface area contributed by atoms with Crippen molar-refractivity contribution in [1.29, 1.82) is 5.41 Å². The van der Waals surface area contributed by atoms with Gasteiger partial charge in [0.15, 0.2) is 5.72 Å². The first kappa shape index (κ1) is 21.9.